The number of hydrogen-bond acceptors (Lipinski definition) is 2. The van der Waals surface area contributed by atoms with E-state index >= 15 is 0 Å². The Morgan fingerprint density at radius 2 is 1.94 bits per heavy atom. The van der Waals surface area contributed by atoms with Crippen molar-refractivity contribution in [2.45, 2.75) is 40.2 Å². The molecule has 0 N–H and O–H groups in total. The predicted octanol–water partition coefficient (Wildman–Crippen LogP) is 3.22. The van der Waals surface area contributed by atoms with Gasteiger partial charge in [0.15, 0.2) is 0 Å². The SMILES string of the molecule is CC[C@H](C)Cc1nc(C)nn1Cc1ccccc1. The summed E-state index contributed by atoms with van der Waals surface area (Å²) in [5.74, 6) is 2.62. The average molecular weight is 243 g/mol. The van der Waals surface area contributed by atoms with E-state index in [0.29, 0.717) is 5.92 Å². The molecule has 0 saturated carbocycles. The first kappa shape index (κ1) is 12.8. The molecule has 0 amide bonds. The average Bonchev–Trinajstić information content (AvgIpc) is 2.70. The Morgan fingerprint density at radius 1 is 1.22 bits per heavy atom. The first-order chi connectivity index (χ1) is 8.69. The van der Waals surface area contributed by atoms with E-state index < -0.39 is 0 Å². The largest absolute Gasteiger partial charge is 0.245 e. The third-order valence-corrected chi connectivity index (χ3v) is 3.26. The van der Waals surface area contributed by atoms with Gasteiger partial charge in [-0.3, -0.25) is 0 Å². The van der Waals surface area contributed by atoms with E-state index in [1.165, 1.54) is 12.0 Å². The van der Waals surface area contributed by atoms with Crippen molar-refractivity contribution < 1.29 is 0 Å². The van der Waals surface area contributed by atoms with Gasteiger partial charge in [0.1, 0.15) is 11.6 Å². The minimum absolute atomic E-state index is 0.656. The molecule has 96 valence electrons. The van der Waals surface area contributed by atoms with E-state index in [4.69, 9.17) is 0 Å². The molecule has 3 heteroatoms. The fraction of sp³-hybridized carbons (Fsp3) is 0.467. The summed E-state index contributed by atoms with van der Waals surface area (Å²) in [5.41, 5.74) is 1.27. The molecule has 0 saturated heterocycles. The minimum Gasteiger partial charge on any atom is -0.245 e. The van der Waals surface area contributed by atoms with Crippen LogP contribution in [0.1, 0.15) is 37.5 Å². The fourth-order valence-corrected chi connectivity index (χ4v) is 1.99. The molecule has 1 aromatic carbocycles. The zero-order valence-electron chi connectivity index (χ0n) is 11.4. The van der Waals surface area contributed by atoms with Gasteiger partial charge >= 0.3 is 0 Å². The van der Waals surface area contributed by atoms with E-state index in [9.17, 15) is 0 Å². The Kier molecular flexibility index (Phi) is 4.13. The second-order valence-corrected chi connectivity index (χ2v) is 4.94. The topological polar surface area (TPSA) is 30.7 Å². The van der Waals surface area contributed by atoms with Crippen molar-refractivity contribution in [2.24, 2.45) is 5.92 Å². The molecule has 0 fully saturated rings. The van der Waals surface area contributed by atoms with Crippen LogP contribution in [-0.2, 0) is 13.0 Å². The highest BCUT2D eigenvalue weighted by Gasteiger charge is 2.10. The molecule has 1 heterocycles. The molecule has 0 aliphatic carbocycles. The van der Waals surface area contributed by atoms with Crippen LogP contribution in [0.25, 0.3) is 0 Å². The predicted molar refractivity (Wildman–Crippen MR) is 73.5 cm³/mol. The van der Waals surface area contributed by atoms with Gasteiger partial charge in [-0.15, -0.1) is 0 Å². The summed E-state index contributed by atoms with van der Waals surface area (Å²) in [7, 11) is 0. The lowest BCUT2D eigenvalue weighted by molar-refractivity contribution is 0.514. The van der Waals surface area contributed by atoms with Crippen molar-refractivity contribution in [1.29, 1.82) is 0 Å². The lowest BCUT2D eigenvalue weighted by atomic mass is 10.1. The number of nitrogens with zero attached hydrogens (tertiary/aromatic N) is 3. The number of aryl methyl sites for hydroxylation is 1. The molecule has 18 heavy (non-hydrogen) atoms. The molecular weight excluding hydrogens is 222 g/mol. The number of hydrogen-bond donors (Lipinski definition) is 0. The zero-order valence-corrected chi connectivity index (χ0v) is 11.4. The maximum atomic E-state index is 4.55. The lowest BCUT2D eigenvalue weighted by Gasteiger charge is -2.09. The van der Waals surface area contributed by atoms with E-state index in [2.05, 4.69) is 48.2 Å². The molecule has 0 unspecified atom stereocenters. The van der Waals surface area contributed by atoms with Crippen molar-refractivity contribution in [1.82, 2.24) is 14.8 Å². The summed E-state index contributed by atoms with van der Waals surface area (Å²) >= 11 is 0. The standard InChI is InChI=1S/C15H21N3/c1-4-12(2)10-15-16-13(3)17-18(15)11-14-8-6-5-7-9-14/h5-9,12H,4,10-11H2,1-3H3/t12-/m0/s1. The molecule has 1 aromatic heterocycles. The van der Waals surface area contributed by atoms with E-state index in [-0.39, 0.29) is 0 Å². The Balaban J connectivity index is 2.17. The first-order valence-electron chi connectivity index (χ1n) is 6.63. The van der Waals surface area contributed by atoms with Crippen molar-refractivity contribution in [3.8, 4) is 0 Å². The molecule has 3 nitrogen and oxygen atoms in total. The van der Waals surface area contributed by atoms with E-state index in [0.717, 1.165) is 24.6 Å². The summed E-state index contributed by atoms with van der Waals surface area (Å²) < 4.78 is 2.04. The quantitative estimate of drug-likeness (QED) is 0.807. The van der Waals surface area contributed by atoms with Gasteiger partial charge in [0, 0.05) is 6.42 Å². The molecular formula is C15H21N3. The molecule has 0 aliphatic heterocycles. The highest BCUT2D eigenvalue weighted by molar-refractivity contribution is 5.15. The van der Waals surface area contributed by atoms with Crippen molar-refractivity contribution >= 4 is 0 Å². The van der Waals surface area contributed by atoms with Gasteiger partial charge < -0.3 is 0 Å². The molecule has 0 radical (unpaired) electrons. The van der Waals surface area contributed by atoms with Crippen LogP contribution in [0.5, 0.6) is 0 Å². The minimum atomic E-state index is 0.656. The summed E-state index contributed by atoms with van der Waals surface area (Å²) in [6, 6.07) is 10.4. The van der Waals surface area contributed by atoms with Crippen molar-refractivity contribution in [3.63, 3.8) is 0 Å². The van der Waals surface area contributed by atoms with Crippen LogP contribution in [-0.4, -0.2) is 14.8 Å². The first-order valence-corrected chi connectivity index (χ1v) is 6.63. The van der Waals surface area contributed by atoms with Gasteiger partial charge in [-0.05, 0) is 18.4 Å². The van der Waals surface area contributed by atoms with Crippen LogP contribution >= 0.6 is 0 Å². The third-order valence-electron chi connectivity index (χ3n) is 3.26. The fourth-order valence-electron chi connectivity index (χ4n) is 1.99. The van der Waals surface area contributed by atoms with Crippen LogP contribution in [0.15, 0.2) is 30.3 Å². The van der Waals surface area contributed by atoms with Gasteiger partial charge in [-0.1, -0.05) is 50.6 Å². The highest BCUT2D eigenvalue weighted by atomic mass is 15.3. The smallest absolute Gasteiger partial charge is 0.147 e. The Hall–Kier alpha value is -1.64. The maximum Gasteiger partial charge on any atom is 0.147 e. The molecule has 2 rings (SSSR count). The summed E-state index contributed by atoms with van der Waals surface area (Å²) in [5, 5.41) is 4.50. The summed E-state index contributed by atoms with van der Waals surface area (Å²) in [6.45, 7) is 7.25. The second-order valence-electron chi connectivity index (χ2n) is 4.94. The van der Waals surface area contributed by atoms with Gasteiger partial charge in [0.25, 0.3) is 0 Å². The van der Waals surface area contributed by atoms with E-state index in [1.54, 1.807) is 0 Å². The van der Waals surface area contributed by atoms with Crippen LogP contribution in [0.4, 0.5) is 0 Å². The van der Waals surface area contributed by atoms with Crippen LogP contribution in [0.2, 0.25) is 0 Å². The maximum absolute atomic E-state index is 4.55. The Bertz CT molecular complexity index is 488. The molecule has 0 aliphatic rings. The molecule has 2 aromatic rings. The number of rotatable bonds is 5. The molecule has 0 bridgehead atoms. The second kappa shape index (κ2) is 5.80. The van der Waals surface area contributed by atoms with Gasteiger partial charge in [-0.2, -0.15) is 5.10 Å². The molecule has 0 spiro atoms. The van der Waals surface area contributed by atoms with Gasteiger partial charge in [0.2, 0.25) is 0 Å². The number of aromatic nitrogens is 3. The lowest BCUT2D eigenvalue weighted by Crippen LogP contribution is -2.10. The molecule has 1 atom stereocenters. The monoisotopic (exact) mass is 243 g/mol. The summed E-state index contributed by atoms with van der Waals surface area (Å²) in [4.78, 5) is 4.55. The van der Waals surface area contributed by atoms with Crippen molar-refractivity contribution in [3.05, 3.63) is 47.5 Å². The van der Waals surface area contributed by atoms with Crippen LogP contribution in [0.3, 0.4) is 0 Å². The highest BCUT2D eigenvalue weighted by Crippen LogP contribution is 2.12. The zero-order chi connectivity index (χ0) is 13.0. The van der Waals surface area contributed by atoms with Crippen LogP contribution < -0.4 is 0 Å². The Labute approximate surface area is 109 Å². The normalized spacial score (nSPS) is 12.6. The Morgan fingerprint density at radius 3 is 2.61 bits per heavy atom. The van der Waals surface area contributed by atoms with Crippen molar-refractivity contribution in [2.75, 3.05) is 0 Å². The third kappa shape index (κ3) is 3.19. The van der Waals surface area contributed by atoms with E-state index in [1.807, 2.05) is 17.7 Å². The van der Waals surface area contributed by atoms with Gasteiger partial charge in [-0.25, -0.2) is 9.67 Å². The number of benzene rings is 1. The van der Waals surface area contributed by atoms with Crippen LogP contribution in [0, 0.1) is 12.8 Å². The van der Waals surface area contributed by atoms with Gasteiger partial charge in [0.05, 0.1) is 6.54 Å². The summed E-state index contributed by atoms with van der Waals surface area (Å²) in [6.07, 6.45) is 2.18.